The molecule has 0 fully saturated rings. The van der Waals surface area contributed by atoms with Crippen LogP contribution in [0, 0.1) is 0 Å². The SMILES string of the molecule is CCCCCCCCCCCCCCCC=CCC(C)(O)[n+]1cc[nH]c1.[Cl-]. The molecule has 3 nitrogen and oxygen atoms in total. The van der Waals surface area contributed by atoms with Crippen LogP contribution < -0.4 is 17.0 Å². The van der Waals surface area contributed by atoms with Crippen LogP contribution in [0.2, 0.25) is 0 Å². The molecule has 0 aliphatic carbocycles. The lowest BCUT2D eigenvalue weighted by Crippen LogP contribution is -3.00. The number of nitrogens with zero attached hydrogens (tertiary/aromatic N) is 1. The summed E-state index contributed by atoms with van der Waals surface area (Å²) in [5, 5.41) is 10.4. The molecule has 0 radical (unpaired) electrons. The fourth-order valence-electron chi connectivity index (χ4n) is 3.40. The molecule has 1 atom stereocenters. The predicted molar refractivity (Wildman–Crippen MR) is 111 cm³/mol. The molecule has 1 aromatic rings. The topological polar surface area (TPSA) is 39.9 Å². The molecule has 1 aromatic heterocycles. The van der Waals surface area contributed by atoms with E-state index in [-0.39, 0.29) is 12.4 Å². The second kappa shape index (κ2) is 17.3. The highest BCUT2D eigenvalue weighted by atomic mass is 35.5. The second-order valence-corrected chi connectivity index (χ2v) is 7.94. The summed E-state index contributed by atoms with van der Waals surface area (Å²) < 4.78 is 1.81. The number of aliphatic hydroxyl groups is 1. The van der Waals surface area contributed by atoms with Crippen molar-refractivity contribution < 1.29 is 22.1 Å². The van der Waals surface area contributed by atoms with Gasteiger partial charge in [0.2, 0.25) is 12.1 Å². The zero-order valence-electron chi connectivity index (χ0n) is 17.8. The number of allylic oxidation sites excluding steroid dienone is 1. The monoisotopic (exact) mass is 398 g/mol. The van der Waals surface area contributed by atoms with Gasteiger partial charge < -0.3 is 17.5 Å². The fraction of sp³-hybridized carbons (Fsp3) is 0.783. The van der Waals surface area contributed by atoms with Gasteiger partial charge in [-0.25, -0.2) is 4.57 Å². The Morgan fingerprint density at radius 1 is 0.852 bits per heavy atom. The normalized spacial score (nSPS) is 13.6. The molecular formula is C23H43ClN2O. The van der Waals surface area contributed by atoms with Gasteiger partial charge in [0.25, 0.3) is 0 Å². The Kier molecular flexibility index (Phi) is 16.8. The van der Waals surface area contributed by atoms with Gasteiger partial charge in [-0.2, -0.15) is 0 Å². The Balaban J connectivity index is 0.00000676. The van der Waals surface area contributed by atoms with E-state index in [9.17, 15) is 5.11 Å². The lowest BCUT2D eigenvalue weighted by molar-refractivity contribution is -0.801. The van der Waals surface area contributed by atoms with Crippen molar-refractivity contribution in [3.8, 4) is 0 Å². The average molecular weight is 399 g/mol. The molecule has 0 aliphatic rings. The molecular weight excluding hydrogens is 356 g/mol. The summed E-state index contributed by atoms with van der Waals surface area (Å²) in [5.74, 6) is 0. The van der Waals surface area contributed by atoms with E-state index in [0.29, 0.717) is 6.42 Å². The van der Waals surface area contributed by atoms with Crippen molar-refractivity contribution >= 4 is 0 Å². The quantitative estimate of drug-likeness (QED) is 0.235. The maximum absolute atomic E-state index is 10.4. The summed E-state index contributed by atoms with van der Waals surface area (Å²) in [7, 11) is 0. The van der Waals surface area contributed by atoms with Crippen molar-refractivity contribution in [3.05, 3.63) is 30.9 Å². The summed E-state index contributed by atoms with van der Waals surface area (Å²) in [4.78, 5) is 2.97. The first-order valence-corrected chi connectivity index (χ1v) is 11.1. The number of unbranched alkanes of at least 4 members (excludes halogenated alkanes) is 13. The number of H-pyrrole nitrogens is 1. The number of aromatic amines is 1. The first kappa shape index (κ1) is 26.2. The zero-order chi connectivity index (χ0) is 18.9. The van der Waals surface area contributed by atoms with E-state index < -0.39 is 5.72 Å². The van der Waals surface area contributed by atoms with Crippen LogP contribution in [0.15, 0.2) is 30.9 Å². The van der Waals surface area contributed by atoms with Gasteiger partial charge in [0.05, 0.1) is 0 Å². The molecule has 0 amide bonds. The first-order valence-electron chi connectivity index (χ1n) is 11.1. The summed E-state index contributed by atoms with van der Waals surface area (Å²) in [6.45, 7) is 4.13. The number of nitrogens with one attached hydrogen (secondary N) is 1. The minimum Gasteiger partial charge on any atom is -1.00 e. The van der Waals surface area contributed by atoms with Gasteiger partial charge in [-0.1, -0.05) is 96.1 Å². The van der Waals surface area contributed by atoms with Crippen LogP contribution in [-0.2, 0) is 5.72 Å². The minimum absolute atomic E-state index is 0. The highest BCUT2D eigenvalue weighted by Gasteiger charge is 2.25. The van der Waals surface area contributed by atoms with Crippen LogP contribution in [0.4, 0.5) is 0 Å². The largest absolute Gasteiger partial charge is 1.00 e. The van der Waals surface area contributed by atoms with E-state index in [1.807, 2.05) is 23.9 Å². The molecule has 0 bridgehead atoms. The molecule has 2 N–H and O–H groups in total. The molecule has 0 saturated heterocycles. The Labute approximate surface area is 174 Å². The molecule has 0 aliphatic heterocycles. The van der Waals surface area contributed by atoms with Crippen molar-refractivity contribution in [2.24, 2.45) is 0 Å². The van der Waals surface area contributed by atoms with E-state index in [1.165, 1.54) is 83.5 Å². The smallest absolute Gasteiger partial charge is 0.243 e. The Morgan fingerprint density at radius 3 is 1.85 bits per heavy atom. The average Bonchev–Trinajstić information content (AvgIpc) is 3.17. The molecule has 1 heterocycles. The minimum atomic E-state index is -0.841. The summed E-state index contributed by atoms with van der Waals surface area (Å²) >= 11 is 0. The number of hydrogen-bond donors (Lipinski definition) is 2. The highest BCUT2D eigenvalue weighted by molar-refractivity contribution is 4.84. The van der Waals surface area contributed by atoms with Crippen LogP contribution in [0.5, 0.6) is 0 Å². The number of halogens is 1. The Bertz CT molecular complexity index is 443. The third kappa shape index (κ3) is 13.9. The van der Waals surface area contributed by atoms with Gasteiger partial charge in [0.1, 0.15) is 12.4 Å². The van der Waals surface area contributed by atoms with Crippen LogP contribution in [0.25, 0.3) is 0 Å². The molecule has 1 unspecified atom stereocenters. The van der Waals surface area contributed by atoms with E-state index >= 15 is 0 Å². The summed E-state index contributed by atoms with van der Waals surface area (Å²) in [6, 6.07) is 0. The van der Waals surface area contributed by atoms with Gasteiger partial charge in [-0.05, 0) is 12.8 Å². The predicted octanol–water partition coefficient (Wildman–Crippen LogP) is 3.40. The van der Waals surface area contributed by atoms with Crippen molar-refractivity contribution in [3.63, 3.8) is 0 Å². The second-order valence-electron chi connectivity index (χ2n) is 7.94. The summed E-state index contributed by atoms with van der Waals surface area (Å²) in [6.07, 6.45) is 29.8. The molecule has 0 spiro atoms. The lowest BCUT2D eigenvalue weighted by Gasteiger charge is -2.17. The van der Waals surface area contributed by atoms with Crippen LogP contribution in [-0.4, -0.2) is 10.1 Å². The number of aromatic nitrogens is 2. The van der Waals surface area contributed by atoms with Crippen LogP contribution in [0.3, 0.4) is 0 Å². The molecule has 1 rings (SSSR count). The molecule has 27 heavy (non-hydrogen) atoms. The Hall–Kier alpha value is -0.800. The third-order valence-corrected chi connectivity index (χ3v) is 5.25. The number of hydrogen-bond acceptors (Lipinski definition) is 1. The standard InChI is InChI=1S/C23H42N2O.ClH/c1-3-4-5-6-7-8-9-10-11-12-13-14-15-16-17-18-19-23(2,26)25-21-20-24-22-25;/h17-18,20-22,26H,3-16,19H2,1-2H3;1H. The number of imidazole rings is 1. The van der Waals surface area contributed by atoms with Crippen molar-refractivity contribution in [1.82, 2.24) is 4.98 Å². The van der Waals surface area contributed by atoms with Crippen molar-refractivity contribution in [2.75, 3.05) is 0 Å². The van der Waals surface area contributed by atoms with E-state index in [0.717, 1.165) is 6.42 Å². The first-order chi connectivity index (χ1) is 12.7. The number of rotatable bonds is 17. The van der Waals surface area contributed by atoms with E-state index in [4.69, 9.17) is 0 Å². The van der Waals surface area contributed by atoms with Gasteiger partial charge in [-0.3, -0.25) is 4.98 Å². The van der Waals surface area contributed by atoms with Gasteiger partial charge in [0, 0.05) is 13.3 Å². The summed E-state index contributed by atoms with van der Waals surface area (Å²) in [5.41, 5.74) is -0.841. The van der Waals surface area contributed by atoms with Crippen molar-refractivity contribution in [1.29, 1.82) is 0 Å². The fourth-order valence-corrected chi connectivity index (χ4v) is 3.40. The van der Waals surface area contributed by atoms with E-state index in [1.54, 1.807) is 6.33 Å². The van der Waals surface area contributed by atoms with Gasteiger partial charge >= 0.3 is 0 Å². The Morgan fingerprint density at radius 2 is 1.37 bits per heavy atom. The zero-order valence-corrected chi connectivity index (χ0v) is 18.5. The van der Waals surface area contributed by atoms with Gasteiger partial charge in [0.15, 0.2) is 0 Å². The molecule has 0 saturated carbocycles. The molecule has 158 valence electrons. The van der Waals surface area contributed by atoms with E-state index in [2.05, 4.69) is 24.1 Å². The highest BCUT2D eigenvalue weighted by Crippen LogP contribution is 2.14. The maximum atomic E-state index is 10.4. The van der Waals surface area contributed by atoms with Gasteiger partial charge in [-0.15, -0.1) is 0 Å². The lowest BCUT2D eigenvalue weighted by atomic mass is 10.0. The van der Waals surface area contributed by atoms with Crippen molar-refractivity contribution in [2.45, 2.75) is 116 Å². The molecule has 4 heteroatoms. The van der Waals surface area contributed by atoms with Crippen LogP contribution in [0.1, 0.15) is 110 Å². The maximum Gasteiger partial charge on any atom is 0.243 e. The van der Waals surface area contributed by atoms with Crippen LogP contribution >= 0.6 is 0 Å². The molecule has 0 aromatic carbocycles. The third-order valence-electron chi connectivity index (χ3n) is 5.25.